The summed E-state index contributed by atoms with van der Waals surface area (Å²) < 4.78 is 10.5. The topological polar surface area (TPSA) is 77.1 Å². The monoisotopic (exact) mass is 224 g/mol. The van der Waals surface area contributed by atoms with Gasteiger partial charge in [-0.15, -0.1) is 0 Å². The standard InChI is InChI=1S/C11H16N2O3/c1-3-16-7-9-6-8(11(12)13-14)4-5-10(9)15-2/h4-6,14H,3,7H2,1-2H3,(H2,12,13). The lowest BCUT2D eigenvalue weighted by Gasteiger charge is -2.10. The van der Waals surface area contributed by atoms with Gasteiger partial charge in [0.1, 0.15) is 5.75 Å². The minimum atomic E-state index is 0.0698. The van der Waals surface area contributed by atoms with Crippen LogP contribution in [0.1, 0.15) is 18.1 Å². The highest BCUT2D eigenvalue weighted by molar-refractivity contribution is 5.97. The van der Waals surface area contributed by atoms with Gasteiger partial charge >= 0.3 is 0 Å². The van der Waals surface area contributed by atoms with Crippen molar-refractivity contribution in [2.24, 2.45) is 10.9 Å². The van der Waals surface area contributed by atoms with Crippen LogP contribution in [0.5, 0.6) is 5.75 Å². The molecular weight excluding hydrogens is 208 g/mol. The molecule has 0 amide bonds. The van der Waals surface area contributed by atoms with Crippen molar-refractivity contribution < 1.29 is 14.7 Å². The summed E-state index contributed by atoms with van der Waals surface area (Å²) >= 11 is 0. The minimum absolute atomic E-state index is 0.0698. The molecule has 0 aromatic heterocycles. The van der Waals surface area contributed by atoms with Gasteiger partial charge in [-0.3, -0.25) is 0 Å². The van der Waals surface area contributed by atoms with Gasteiger partial charge in [-0.2, -0.15) is 0 Å². The number of ether oxygens (including phenoxy) is 2. The summed E-state index contributed by atoms with van der Waals surface area (Å²) in [5, 5.41) is 11.5. The molecule has 3 N–H and O–H groups in total. The summed E-state index contributed by atoms with van der Waals surface area (Å²) in [5.74, 6) is 0.795. The molecular formula is C11H16N2O3. The van der Waals surface area contributed by atoms with Crippen molar-refractivity contribution in [3.05, 3.63) is 29.3 Å². The highest BCUT2D eigenvalue weighted by Crippen LogP contribution is 2.20. The third kappa shape index (κ3) is 2.87. The van der Waals surface area contributed by atoms with Crippen molar-refractivity contribution in [3.63, 3.8) is 0 Å². The highest BCUT2D eigenvalue weighted by Gasteiger charge is 2.07. The minimum Gasteiger partial charge on any atom is -0.496 e. The average molecular weight is 224 g/mol. The molecule has 0 spiro atoms. The largest absolute Gasteiger partial charge is 0.496 e. The van der Waals surface area contributed by atoms with E-state index in [9.17, 15) is 0 Å². The number of amidine groups is 1. The van der Waals surface area contributed by atoms with Crippen molar-refractivity contribution in [2.75, 3.05) is 13.7 Å². The fourth-order valence-corrected chi connectivity index (χ4v) is 1.32. The molecule has 0 aliphatic heterocycles. The normalized spacial score (nSPS) is 11.5. The maximum Gasteiger partial charge on any atom is 0.170 e. The van der Waals surface area contributed by atoms with Crippen molar-refractivity contribution >= 4 is 5.84 Å². The summed E-state index contributed by atoms with van der Waals surface area (Å²) in [7, 11) is 1.59. The molecule has 88 valence electrons. The Labute approximate surface area is 94.5 Å². The molecule has 0 aliphatic carbocycles. The predicted molar refractivity (Wildman–Crippen MR) is 60.8 cm³/mol. The Bertz CT molecular complexity index is 377. The molecule has 0 atom stereocenters. The quantitative estimate of drug-likeness (QED) is 0.342. The number of methoxy groups -OCH3 is 1. The maximum atomic E-state index is 8.58. The molecule has 0 heterocycles. The first-order valence-corrected chi connectivity index (χ1v) is 4.95. The second kappa shape index (κ2) is 5.97. The number of nitrogens with two attached hydrogens (primary N) is 1. The van der Waals surface area contributed by atoms with E-state index in [2.05, 4.69) is 5.16 Å². The van der Waals surface area contributed by atoms with E-state index in [-0.39, 0.29) is 5.84 Å². The van der Waals surface area contributed by atoms with Crippen LogP contribution in [0.4, 0.5) is 0 Å². The van der Waals surface area contributed by atoms with Gasteiger partial charge < -0.3 is 20.4 Å². The zero-order valence-electron chi connectivity index (χ0n) is 9.43. The number of hydrogen-bond acceptors (Lipinski definition) is 4. The SMILES string of the molecule is CCOCc1cc(/C(N)=N/O)ccc1OC. The summed E-state index contributed by atoms with van der Waals surface area (Å²) in [4.78, 5) is 0. The first-order valence-electron chi connectivity index (χ1n) is 4.95. The molecule has 0 saturated heterocycles. The van der Waals surface area contributed by atoms with Crippen LogP contribution in [0, 0.1) is 0 Å². The van der Waals surface area contributed by atoms with Gasteiger partial charge in [0, 0.05) is 17.7 Å². The number of rotatable bonds is 5. The Morgan fingerprint density at radius 1 is 1.50 bits per heavy atom. The lowest BCUT2D eigenvalue weighted by molar-refractivity contribution is 0.132. The van der Waals surface area contributed by atoms with Crippen LogP contribution in [-0.4, -0.2) is 24.8 Å². The molecule has 0 unspecified atom stereocenters. The molecule has 0 fully saturated rings. The Kier molecular flexibility index (Phi) is 4.60. The number of benzene rings is 1. The lowest BCUT2D eigenvalue weighted by Crippen LogP contribution is -2.13. The van der Waals surface area contributed by atoms with Gasteiger partial charge in [0.15, 0.2) is 5.84 Å². The van der Waals surface area contributed by atoms with Crippen LogP contribution in [0.3, 0.4) is 0 Å². The van der Waals surface area contributed by atoms with E-state index in [0.29, 0.717) is 18.8 Å². The zero-order chi connectivity index (χ0) is 12.0. The van der Waals surface area contributed by atoms with Gasteiger partial charge in [-0.05, 0) is 25.1 Å². The second-order valence-corrected chi connectivity index (χ2v) is 3.15. The molecule has 16 heavy (non-hydrogen) atoms. The molecule has 1 aromatic carbocycles. The van der Waals surface area contributed by atoms with Crippen LogP contribution in [0.25, 0.3) is 0 Å². The van der Waals surface area contributed by atoms with Crippen LogP contribution < -0.4 is 10.5 Å². The smallest absolute Gasteiger partial charge is 0.170 e. The zero-order valence-corrected chi connectivity index (χ0v) is 9.43. The van der Waals surface area contributed by atoms with E-state index in [0.717, 1.165) is 11.3 Å². The van der Waals surface area contributed by atoms with Crippen molar-refractivity contribution in [1.82, 2.24) is 0 Å². The fourth-order valence-electron chi connectivity index (χ4n) is 1.32. The van der Waals surface area contributed by atoms with Crippen LogP contribution >= 0.6 is 0 Å². The number of nitrogens with zero attached hydrogens (tertiary/aromatic N) is 1. The second-order valence-electron chi connectivity index (χ2n) is 3.15. The third-order valence-electron chi connectivity index (χ3n) is 2.15. The third-order valence-corrected chi connectivity index (χ3v) is 2.15. The first kappa shape index (κ1) is 12.3. The Morgan fingerprint density at radius 3 is 2.81 bits per heavy atom. The van der Waals surface area contributed by atoms with Crippen LogP contribution in [0.15, 0.2) is 23.4 Å². The fraction of sp³-hybridized carbons (Fsp3) is 0.364. The average Bonchev–Trinajstić information content (AvgIpc) is 2.34. The van der Waals surface area contributed by atoms with Crippen molar-refractivity contribution in [2.45, 2.75) is 13.5 Å². The Balaban J connectivity index is 3.01. The van der Waals surface area contributed by atoms with Gasteiger partial charge in [0.05, 0.1) is 13.7 Å². The van der Waals surface area contributed by atoms with Gasteiger partial charge in [-0.25, -0.2) is 0 Å². The Hall–Kier alpha value is -1.75. The molecule has 0 bridgehead atoms. The van der Waals surface area contributed by atoms with E-state index < -0.39 is 0 Å². The van der Waals surface area contributed by atoms with E-state index in [1.807, 2.05) is 6.92 Å². The molecule has 1 aromatic rings. The van der Waals surface area contributed by atoms with E-state index in [4.69, 9.17) is 20.4 Å². The summed E-state index contributed by atoms with van der Waals surface area (Å²) in [5.41, 5.74) is 7.01. The van der Waals surface area contributed by atoms with Crippen LogP contribution in [-0.2, 0) is 11.3 Å². The summed E-state index contributed by atoms with van der Waals surface area (Å²) in [6.07, 6.45) is 0. The van der Waals surface area contributed by atoms with Crippen LogP contribution in [0.2, 0.25) is 0 Å². The predicted octanol–water partition coefficient (Wildman–Crippen LogP) is 1.33. The highest BCUT2D eigenvalue weighted by atomic mass is 16.5. The maximum absolute atomic E-state index is 8.58. The van der Waals surface area contributed by atoms with Gasteiger partial charge in [0.2, 0.25) is 0 Å². The molecule has 1 rings (SSSR count). The number of oxime groups is 1. The molecule has 0 saturated carbocycles. The van der Waals surface area contributed by atoms with E-state index in [1.165, 1.54) is 0 Å². The van der Waals surface area contributed by atoms with Gasteiger partial charge in [0.25, 0.3) is 0 Å². The van der Waals surface area contributed by atoms with E-state index >= 15 is 0 Å². The van der Waals surface area contributed by atoms with Crippen molar-refractivity contribution in [1.29, 1.82) is 0 Å². The molecule has 0 aliphatic rings. The van der Waals surface area contributed by atoms with Gasteiger partial charge in [-0.1, -0.05) is 5.16 Å². The summed E-state index contributed by atoms with van der Waals surface area (Å²) in [6, 6.07) is 5.27. The summed E-state index contributed by atoms with van der Waals surface area (Å²) in [6.45, 7) is 2.98. The number of hydrogen-bond donors (Lipinski definition) is 2. The lowest BCUT2D eigenvalue weighted by atomic mass is 10.1. The van der Waals surface area contributed by atoms with Crippen molar-refractivity contribution in [3.8, 4) is 5.75 Å². The molecule has 0 radical (unpaired) electrons. The first-order chi connectivity index (χ1) is 7.72. The Morgan fingerprint density at radius 2 is 2.25 bits per heavy atom. The molecule has 5 nitrogen and oxygen atoms in total. The van der Waals surface area contributed by atoms with E-state index in [1.54, 1.807) is 25.3 Å². The molecule has 5 heteroatoms.